The molecule has 0 bridgehead atoms. The number of nitrogens with zero attached hydrogens (tertiary/aromatic N) is 3. The average Bonchev–Trinajstić information content (AvgIpc) is 2.39. The molecule has 0 radical (unpaired) electrons. The van der Waals surface area contributed by atoms with Gasteiger partial charge < -0.3 is 10.6 Å². The number of nitriles is 1. The van der Waals surface area contributed by atoms with E-state index in [9.17, 15) is 4.79 Å². The zero-order valence-electron chi connectivity index (χ0n) is 10.6. The van der Waals surface area contributed by atoms with Crippen LogP contribution in [0.1, 0.15) is 32.4 Å². The lowest BCUT2D eigenvalue weighted by Crippen LogP contribution is -2.33. The van der Waals surface area contributed by atoms with Crippen LogP contribution in [0.25, 0.3) is 0 Å². The third kappa shape index (κ3) is 4.78. The van der Waals surface area contributed by atoms with E-state index in [2.05, 4.69) is 20.6 Å². The van der Waals surface area contributed by atoms with Gasteiger partial charge in [-0.25, -0.2) is 9.97 Å². The van der Waals surface area contributed by atoms with Crippen molar-refractivity contribution in [2.45, 2.75) is 32.7 Å². The number of anilines is 1. The molecule has 2 N–H and O–H groups in total. The van der Waals surface area contributed by atoms with E-state index in [1.165, 1.54) is 12.4 Å². The molecule has 6 heteroatoms. The highest BCUT2D eigenvalue weighted by Crippen LogP contribution is 2.00. The molecule has 1 rings (SSSR count). The summed E-state index contributed by atoms with van der Waals surface area (Å²) in [5.74, 6) is 0.573. The fraction of sp³-hybridized carbons (Fsp3) is 0.500. The molecular weight excluding hydrogens is 230 g/mol. The topological polar surface area (TPSA) is 90.7 Å². The van der Waals surface area contributed by atoms with E-state index < -0.39 is 0 Å². The van der Waals surface area contributed by atoms with E-state index in [1.54, 1.807) is 0 Å². The van der Waals surface area contributed by atoms with Gasteiger partial charge >= 0.3 is 0 Å². The Balaban J connectivity index is 2.29. The monoisotopic (exact) mass is 247 g/mol. The van der Waals surface area contributed by atoms with E-state index in [0.717, 1.165) is 6.42 Å². The van der Waals surface area contributed by atoms with Crippen LogP contribution in [0.5, 0.6) is 0 Å². The summed E-state index contributed by atoms with van der Waals surface area (Å²) in [6.07, 6.45) is 4.17. The van der Waals surface area contributed by atoms with Crippen molar-refractivity contribution in [3.8, 4) is 6.07 Å². The highest BCUT2D eigenvalue weighted by Gasteiger charge is 2.05. The Morgan fingerprint density at radius 1 is 1.50 bits per heavy atom. The lowest BCUT2D eigenvalue weighted by molar-refractivity contribution is -0.121. The average molecular weight is 247 g/mol. The van der Waals surface area contributed by atoms with Gasteiger partial charge in [0, 0.05) is 19.0 Å². The second-order valence-corrected chi connectivity index (χ2v) is 3.95. The quantitative estimate of drug-likeness (QED) is 0.784. The zero-order valence-corrected chi connectivity index (χ0v) is 10.6. The van der Waals surface area contributed by atoms with Gasteiger partial charge in [0.2, 0.25) is 5.91 Å². The Bertz CT molecular complexity index is 423. The minimum atomic E-state index is 0.0125. The SMILES string of the molecule is CCC(C)NC(=O)CCNc1cnc(C#N)cn1. The van der Waals surface area contributed by atoms with Gasteiger partial charge in [-0.15, -0.1) is 0 Å². The van der Waals surface area contributed by atoms with E-state index >= 15 is 0 Å². The van der Waals surface area contributed by atoms with Gasteiger partial charge in [0.25, 0.3) is 0 Å². The molecule has 1 atom stereocenters. The van der Waals surface area contributed by atoms with Crippen LogP contribution >= 0.6 is 0 Å². The number of carbonyl (C=O) groups is 1. The maximum Gasteiger partial charge on any atom is 0.221 e. The summed E-state index contributed by atoms with van der Waals surface area (Å²) in [4.78, 5) is 19.3. The smallest absolute Gasteiger partial charge is 0.221 e. The summed E-state index contributed by atoms with van der Waals surface area (Å²) < 4.78 is 0. The van der Waals surface area contributed by atoms with E-state index in [1.807, 2.05) is 19.9 Å². The molecule has 0 aliphatic heterocycles. The van der Waals surface area contributed by atoms with Gasteiger partial charge in [0.15, 0.2) is 5.69 Å². The Morgan fingerprint density at radius 3 is 2.83 bits per heavy atom. The summed E-state index contributed by atoms with van der Waals surface area (Å²) in [7, 11) is 0. The normalized spacial score (nSPS) is 11.4. The minimum absolute atomic E-state index is 0.0125. The minimum Gasteiger partial charge on any atom is -0.368 e. The van der Waals surface area contributed by atoms with E-state index in [-0.39, 0.29) is 17.6 Å². The van der Waals surface area contributed by atoms with E-state index in [4.69, 9.17) is 5.26 Å². The lowest BCUT2D eigenvalue weighted by Gasteiger charge is -2.11. The number of nitrogens with one attached hydrogen (secondary N) is 2. The number of aromatic nitrogens is 2. The Kier molecular flexibility index (Phi) is 5.58. The van der Waals surface area contributed by atoms with Crippen LogP contribution in [0.15, 0.2) is 12.4 Å². The zero-order chi connectivity index (χ0) is 13.4. The molecule has 1 amide bonds. The maximum absolute atomic E-state index is 11.5. The van der Waals surface area contributed by atoms with Crippen molar-refractivity contribution < 1.29 is 4.79 Å². The second kappa shape index (κ2) is 7.22. The predicted molar refractivity (Wildman–Crippen MR) is 67.7 cm³/mol. The standard InChI is InChI=1S/C12H17N5O/c1-3-9(2)17-12(18)4-5-14-11-8-15-10(6-13)7-16-11/h7-9H,3-5H2,1-2H3,(H,14,16)(H,17,18). The van der Waals surface area contributed by atoms with E-state index in [0.29, 0.717) is 18.8 Å². The first-order chi connectivity index (χ1) is 8.65. The Labute approximate surface area is 106 Å². The lowest BCUT2D eigenvalue weighted by atomic mass is 10.2. The molecule has 0 spiro atoms. The molecule has 96 valence electrons. The first-order valence-corrected chi connectivity index (χ1v) is 5.91. The van der Waals surface area contributed by atoms with Crippen molar-refractivity contribution in [3.05, 3.63) is 18.1 Å². The summed E-state index contributed by atoms with van der Waals surface area (Å²) in [6, 6.07) is 2.09. The van der Waals surface area contributed by atoms with Crippen molar-refractivity contribution in [1.82, 2.24) is 15.3 Å². The fourth-order valence-corrected chi connectivity index (χ4v) is 1.23. The van der Waals surface area contributed by atoms with Crippen molar-refractivity contribution in [1.29, 1.82) is 5.26 Å². The highest BCUT2D eigenvalue weighted by atomic mass is 16.1. The molecule has 0 aliphatic rings. The number of amides is 1. The second-order valence-electron chi connectivity index (χ2n) is 3.95. The molecule has 6 nitrogen and oxygen atoms in total. The summed E-state index contributed by atoms with van der Waals surface area (Å²) >= 11 is 0. The van der Waals surface area contributed by atoms with Crippen molar-refractivity contribution in [2.24, 2.45) is 0 Å². The fourth-order valence-electron chi connectivity index (χ4n) is 1.23. The van der Waals surface area contributed by atoms with Gasteiger partial charge in [-0.2, -0.15) is 5.26 Å². The maximum atomic E-state index is 11.5. The van der Waals surface area contributed by atoms with Gasteiger partial charge in [0.05, 0.1) is 12.4 Å². The van der Waals surface area contributed by atoms with Gasteiger partial charge in [-0.3, -0.25) is 4.79 Å². The molecule has 0 saturated carbocycles. The van der Waals surface area contributed by atoms with Crippen LogP contribution < -0.4 is 10.6 Å². The molecule has 0 saturated heterocycles. The summed E-state index contributed by atoms with van der Waals surface area (Å²) in [5.41, 5.74) is 0.273. The molecule has 1 unspecified atom stereocenters. The van der Waals surface area contributed by atoms with Crippen LogP contribution in [0, 0.1) is 11.3 Å². The number of carbonyl (C=O) groups excluding carboxylic acids is 1. The van der Waals surface area contributed by atoms with Crippen LogP contribution in [-0.4, -0.2) is 28.5 Å². The number of hydrogen-bond donors (Lipinski definition) is 2. The highest BCUT2D eigenvalue weighted by molar-refractivity contribution is 5.76. The predicted octanol–water partition coefficient (Wildman–Crippen LogP) is 1.06. The van der Waals surface area contributed by atoms with Gasteiger partial charge in [-0.1, -0.05) is 6.92 Å². The molecule has 1 heterocycles. The van der Waals surface area contributed by atoms with Crippen LogP contribution in [-0.2, 0) is 4.79 Å². The molecule has 18 heavy (non-hydrogen) atoms. The number of rotatable bonds is 6. The van der Waals surface area contributed by atoms with Crippen LogP contribution in [0.4, 0.5) is 5.82 Å². The van der Waals surface area contributed by atoms with Crippen molar-refractivity contribution in [2.75, 3.05) is 11.9 Å². The summed E-state index contributed by atoms with van der Waals surface area (Å²) in [5, 5.41) is 14.4. The van der Waals surface area contributed by atoms with Crippen molar-refractivity contribution >= 4 is 11.7 Å². The molecule has 0 aromatic carbocycles. The van der Waals surface area contributed by atoms with Crippen LogP contribution in [0.2, 0.25) is 0 Å². The molecule has 1 aromatic heterocycles. The molecular formula is C12H17N5O. The van der Waals surface area contributed by atoms with Crippen LogP contribution in [0.3, 0.4) is 0 Å². The Hall–Kier alpha value is -2.16. The summed E-state index contributed by atoms with van der Waals surface area (Å²) in [6.45, 7) is 4.48. The third-order valence-electron chi connectivity index (χ3n) is 2.44. The molecule has 1 aromatic rings. The van der Waals surface area contributed by atoms with Gasteiger partial charge in [0.1, 0.15) is 11.9 Å². The first kappa shape index (κ1) is 13.9. The van der Waals surface area contributed by atoms with Crippen molar-refractivity contribution in [3.63, 3.8) is 0 Å². The first-order valence-electron chi connectivity index (χ1n) is 5.91. The molecule has 0 aliphatic carbocycles. The molecule has 0 fully saturated rings. The largest absolute Gasteiger partial charge is 0.368 e. The Morgan fingerprint density at radius 2 is 2.28 bits per heavy atom. The third-order valence-corrected chi connectivity index (χ3v) is 2.44. The van der Waals surface area contributed by atoms with Gasteiger partial charge in [-0.05, 0) is 13.3 Å². The number of hydrogen-bond acceptors (Lipinski definition) is 5.